The molecule has 0 aliphatic carbocycles. The Kier molecular flexibility index (Phi) is 3.13. The van der Waals surface area contributed by atoms with E-state index in [1.54, 1.807) is 13.8 Å². The first-order valence-electron chi connectivity index (χ1n) is 5.72. The molecule has 2 aromatic rings. The van der Waals surface area contributed by atoms with Gasteiger partial charge in [-0.25, -0.2) is 0 Å². The molecule has 0 aliphatic heterocycles. The van der Waals surface area contributed by atoms with Crippen LogP contribution in [0.1, 0.15) is 19.5 Å². The molecule has 0 aliphatic rings. The van der Waals surface area contributed by atoms with E-state index >= 15 is 0 Å². The maximum absolute atomic E-state index is 9.82. The van der Waals surface area contributed by atoms with Gasteiger partial charge in [0.15, 0.2) is 0 Å². The van der Waals surface area contributed by atoms with Gasteiger partial charge in [-0.1, -0.05) is 24.3 Å². The van der Waals surface area contributed by atoms with Crippen molar-refractivity contribution in [3.63, 3.8) is 0 Å². The SMILES string of the molecule is CC(C)(O)C(O)Cc1ccc2ccccc2n1. The van der Waals surface area contributed by atoms with Gasteiger partial charge in [0.25, 0.3) is 0 Å². The largest absolute Gasteiger partial charge is 0.390 e. The molecule has 17 heavy (non-hydrogen) atoms. The first-order chi connectivity index (χ1) is 7.97. The van der Waals surface area contributed by atoms with Crippen LogP contribution in [0.25, 0.3) is 10.9 Å². The van der Waals surface area contributed by atoms with Gasteiger partial charge in [0.1, 0.15) is 0 Å². The summed E-state index contributed by atoms with van der Waals surface area (Å²) in [7, 11) is 0. The van der Waals surface area contributed by atoms with E-state index in [0.29, 0.717) is 6.42 Å². The third-order valence-electron chi connectivity index (χ3n) is 2.87. The number of benzene rings is 1. The highest BCUT2D eigenvalue weighted by atomic mass is 16.3. The number of aromatic nitrogens is 1. The number of pyridine rings is 1. The van der Waals surface area contributed by atoms with Crippen molar-refractivity contribution in [2.24, 2.45) is 0 Å². The predicted molar refractivity (Wildman–Crippen MR) is 67.8 cm³/mol. The lowest BCUT2D eigenvalue weighted by Crippen LogP contribution is -2.37. The van der Waals surface area contributed by atoms with Gasteiger partial charge in [-0.15, -0.1) is 0 Å². The third kappa shape index (κ3) is 2.81. The second-order valence-corrected chi connectivity index (χ2v) is 4.87. The third-order valence-corrected chi connectivity index (χ3v) is 2.87. The first kappa shape index (κ1) is 12.0. The Balaban J connectivity index is 2.25. The molecule has 1 aromatic heterocycles. The Morgan fingerprint density at radius 1 is 1.18 bits per heavy atom. The van der Waals surface area contributed by atoms with E-state index in [1.165, 1.54) is 0 Å². The summed E-state index contributed by atoms with van der Waals surface area (Å²) in [5.41, 5.74) is 0.596. The van der Waals surface area contributed by atoms with Crippen LogP contribution < -0.4 is 0 Å². The van der Waals surface area contributed by atoms with Gasteiger partial charge in [-0.2, -0.15) is 0 Å². The normalized spacial score (nSPS) is 13.9. The number of hydrogen-bond donors (Lipinski definition) is 2. The maximum atomic E-state index is 9.82. The topological polar surface area (TPSA) is 53.4 Å². The minimum absolute atomic E-state index is 0.355. The standard InChI is InChI=1S/C14H17NO2/c1-14(2,17)13(16)9-11-8-7-10-5-3-4-6-12(10)15-11/h3-8,13,16-17H,9H2,1-2H3. The monoisotopic (exact) mass is 231 g/mol. The van der Waals surface area contributed by atoms with Crippen molar-refractivity contribution < 1.29 is 10.2 Å². The molecule has 0 amide bonds. The molecule has 90 valence electrons. The zero-order chi connectivity index (χ0) is 12.5. The molecule has 0 radical (unpaired) electrons. The fourth-order valence-electron chi connectivity index (χ4n) is 1.67. The second-order valence-electron chi connectivity index (χ2n) is 4.87. The first-order valence-corrected chi connectivity index (χ1v) is 5.72. The van der Waals surface area contributed by atoms with Gasteiger partial charge >= 0.3 is 0 Å². The Morgan fingerprint density at radius 3 is 2.59 bits per heavy atom. The number of fused-ring (bicyclic) bond motifs is 1. The van der Waals surface area contributed by atoms with Gasteiger partial charge < -0.3 is 10.2 Å². The number of aliphatic hydroxyl groups excluding tert-OH is 1. The van der Waals surface area contributed by atoms with E-state index in [1.807, 2.05) is 36.4 Å². The van der Waals surface area contributed by atoms with Crippen LogP contribution in [0.4, 0.5) is 0 Å². The fourth-order valence-corrected chi connectivity index (χ4v) is 1.67. The molecular formula is C14H17NO2. The molecule has 2 rings (SSSR count). The van der Waals surface area contributed by atoms with Crippen molar-refractivity contribution in [3.8, 4) is 0 Å². The molecule has 3 heteroatoms. The predicted octanol–water partition coefficient (Wildman–Crippen LogP) is 1.91. The highest BCUT2D eigenvalue weighted by Gasteiger charge is 2.24. The smallest absolute Gasteiger partial charge is 0.0876 e. The van der Waals surface area contributed by atoms with Gasteiger partial charge in [-0.3, -0.25) is 4.98 Å². The van der Waals surface area contributed by atoms with Crippen molar-refractivity contribution in [1.29, 1.82) is 0 Å². The number of aliphatic hydroxyl groups is 2. The van der Waals surface area contributed by atoms with Gasteiger partial charge in [0.05, 0.1) is 17.2 Å². The van der Waals surface area contributed by atoms with Crippen molar-refractivity contribution in [1.82, 2.24) is 4.98 Å². The Bertz CT molecular complexity index is 517. The van der Waals surface area contributed by atoms with E-state index < -0.39 is 11.7 Å². The van der Waals surface area contributed by atoms with Crippen LogP contribution in [0.15, 0.2) is 36.4 Å². The number of nitrogens with zero attached hydrogens (tertiary/aromatic N) is 1. The molecule has 0 spiro atoms. The summed E-state index contributed by atoms with van der Waals surface area (Å²) in [6, 6.07) is 11.7. The Labute approximate surface area is 101 Å². The molecule has 1 atom stereocenters. The average Bonchev–Trinajstić information content (AvgIpc) is 2.27. The molecule has 1 unspecified atom stereocenters. The summed E-state index contributed by atoms with van der Waals surface area (Å²) in [4.78, 5) is 4.46. The quantitative estimate of drug-likeness (QED) is 0.848. The van der Waals surface area contributed by atoms with Crippen molar-refractivity contribution in [3.05, 3.63) is 42.1 Å². The van der Waals surface area contributed by atoms with Crippen LogP contribution in [0.3, 0.4) is 0 Å². The summed E-state index contributed by atoms with van der Waals surface area (Å²) >= 11 is 0. The van der Waals surface area contributed by atoms with Crippen LogP contribution in [-0.4, -0.2) is 26.9 Å². The summed E-state index contributed by atoms with van der Waals surface area (Å²) in [6.45, 7) is 3.19. The van der Waals surface area contributed by atoms with Crippen LogP contribution >= 0.6 is 0 Å². The lowest BCUT2D eigenvalue weighted by molar-refractivity contribution is -0.0473. The minimum Gasteiger partial charge on any atom is -0.390 e. The molecule has 1 heterocycles. The van der Waals surface area contributed by atoms with E-state index in [9.17, 15) is 10.2 Å². The van der Waals surface area contributed by atoms with Crippen LogP contribution in [0.2, 0.25) is 0 Å². The zero-order valence-corrected chi connectivity index (χ0v) is 10.1. The molecule has 3 nitrogen and oxygen atoms in total. The van der Waals surface area contributed by atoms with Gasteiger partial charge in [0, 0.05) is 17.5 Å². The fraction of sp³-hybridized carbons (Fsp3) is 0.357. The number of rotatable bonds is 3. The van der Waals surface area contributed by atoms with E-state index in [0.717, 1.165) is 16.6 Å². The lowest BCUT2D eigenvalue weighted by atomic mass is 9.97. The van der Waals surface area contributed by atoms with Crippen LogP contribution in [0.5, 0.6) is 0 Å². The summed E-state index contributed by atoms with van der Waals surface area (Å²) < 4.78 is 0. The highest BCUT2D eigenvalue weighted by molar-refractivity contribution is 5.78. The van der Waals surface area contributed by atoms with E-state index in [4.69, 9.17) is 0 Å². The maximum Gasteiger partial charge on any atom is 0.0876 e. The van der Waals surface area contributed by atoms with E-state index in [2.05, 4.69) is 4.98 Å². The molecule has 1 aromatic carbocycles. The Morgan fingerprint density at radius 2 is 1.88 bits per heavy atom. The Hall–Kier alpha value is -1.45. The summed E-state index contributed by atoms with van der Waals surface area (Å²) in [5, 5.41) is 20.6. The molecule has 0 fully saturated rings. The zero-order valence-electron chi connectivity index (χ0n) is 10.1. The van der Waals surface area contributed by atoms with Crippen molar-refractivity contribution >= 4 is 10.9 Å². The van der Waals surface area contributed by atoms with Crippen LogP contribution in [0, 0.1) is 0 Å². The molecule has 2 N–H and O–H groups in total. The number of hydrogen-bond acceptors (Lipinski definition) is 3. The average molecular weight is 231 g/mol. The number of para-hydroxylation sites is 1. The van der Waals surface area contributed by atoms with Crippen molar-refractivity contribution in [2.45, 2.75) is 32.0 Å². The molecule has 0 bridgehead atoms. The van der Waals surface area contributed by atoms with Crippen LogP contribution in [-0.2, 0) is 6.42 Å². The molecule has 0 saturated heterocycles. The molecular weight excluding hydrogens is 214 g/mol. The summed E-state index contributed by atoms with van der Waals surface area (Å²) in [6.07, 6.45) is -0.454. The lowest BCUT2D eigenvalue weighted by Gasteiger charge is -2.24. The molecule has 0 saturated carbocycles. The summed E-state index contributed by atoms with van der Waals surface area (Å²) in [5.74, 6) is 0. The minimum atomic E-state index is -1.10. The van der Waals surface area contributed by atoms with Crippen molar-refractivity contribution in [2.75, 3.05) is 0 Å². The van der Waals surface area contributed by atoms with E-state index in [-0.39, 0.29) is 0 Å². The van der Waals surface area contributed by atoms with Gasteiger partial charge in [0.2, 0.25) is 0 Å². The van der Waals surface area contributed by atoms with Gasteiger partial charge in [-0.05, 0) is 26.0 Å². The second kappa shape index (κ2) is 4.43. The highest BCUT2D eigenvalue weighted by Crippen LogP contribution is 2.16.